The van der Waals surface area contributed by atoms with Crippen LogP contribution in [0.2, 0.25) is 0 Å². The molecule has 1 heterocycles. The summed E-state index contributed by atoms with van der Waals surface area (Å²) in [5, 5.41) is 1.11. The monoisotopic (exact) mass is 286 g/mol. The van der Waals surface area contributed by atoms with E-state index in [0.717, 1.165) is 28.7 Å². The van der Waals surface area contributed by atoms with Crippen LogP contribution in [-0.4, -0.2) is 31.7 Å². The number of pyridine rings is 1. The average Bonchev–Trinajstić information content (AvgIpc) is 2.52. The number of hydrogen-bond donors (Lipinski definition) is 0. The molecule has 0 aliphatic rings. The molecule has 2 aromatic rings. The van der Waals surface area contributed by atoms with Crippen LogP contribution in [0.25, 0.3) is 10.9 Å². The smallest absolute Gasteiger partial charge is 0.310 e. The molecule has 0 aliphatic carbocycles. The number of rotatable bonds is 5. The number of esters is 1. The molecule has 0 aliphatic heterocycles. The first-order chi connectivity index (χ1) is 10.1. The summed E-state index contributed by atoms with van der Waals surface area (Å²) in [5.41, 5.74) is 3.15. The first kappa shape index (κ1) is 15.3. The molecular weight excluding hydrogens is 264 g/mol. The minimum absolute atomic E-state index is 0.169. The lowest BCUT2D eigenvalue weighted by Crippen LogP contribution is -2.29. The number of carbonyl (C=O) groups excluding carboxylic acids is 1. The quantitative estimate of drug-likeness (QED) is 0.792. The lowest BCUT2D eigenvalue weighted by Gasteiger charge is -2.24. The Hall–Kier alpha value is -2.10. The minimum atomic E-state index is -0.184. The van der Waals surface area contributed by atoms with Crippen LogP contribution in [0.3, 0.4) is 0 Å². The third-order valence-electron chi connectivity index (χ3n) is 3.67. The van der Waals surface area contributed by atoms with Crippen molar-refractivity contribution < 1.29 is 9.53 Å². The fraction of sp³-hybridized carbons (Fsp3) is 0.412. The van der Waals surface area contributed by atoms with Gasteiger partial charge in [-0.1, -0.05) is 32.0 Å². The van der Waals surface area contributed by atoms with Crippen molar-refractivity contribution in [1.82, 2.24) is 4.98 Å². The number of hydrogen-bond acceptors (Lipinski definition) is 4. The van der Waals surface area contributed by atoms with Gasteiger partial charge in [0.15, 0.2) is 0 Å². The van der Waals surface area contributed by atoms with Crippen molar-refractivity contribution >= 4 is 22.6 Å². The van der Waals surface area contributed by atoms with Gasteiger partial charge >= 0.3 is 5.97 Å². The Balaban J connectivity index is 2.37. The van der Waals surface area contributed by atoms with E-state index in [1.165, 1.54) is 7.11 Å². The van der Waals surface area contributed by atoms with Crippen LogP contribution in [0, 0.1) is 5.92 Å². The first-order valence-electron chi connectivity index (χ1n) is 7.24. The van der Waals surface area contributed by atoms with E-state index in [9.17, 15) is 4.79 Å². The highest BCUT2D eigenvalue weighted by Gasteiger charge is 2.17. The molecule has 1 atom stereocenters. The lowest BCUT2D eigenvalue weighted by atomic mass is 10.1. The molecule has 0 spiro atoms. The first-order valence-corrected chi connectivity index (χ1v) is 7.24. The summed E-state index contributed by atoms with van der Waals surface area (Å²) in [6, 6.07) is 10.2. The summed E-state index contributed by atoms with van der Waals surface area (Å²) >= 11 is 0. The van der Waals surface area contributed by atoms with Crippen molar-refractivity contribution in [1.29, 1.82) is 0 Å². The molecule has 0 radical (unpaired) electrons. The van der Waals surface area contributed by atoms with Crippen LogP contribution in [0.1, 0.15) is 19.5 Å². The Morgan fingerprint density at radius 1 is 1.38 bits per heavy atom. The molecule has 4 nitrogen and oxygen atoms in total. The number of ether oxygens (including phenoxy) is 1. The van der Waals surface area contributed by atoms with Gasteiger partial charge in [0.1, 0.15) is 0 Å². The highest BCUT2D eigenvalue weighted by atomic mass is 16.5. The normalized spacial score (nSPS) is 12.2. The molecule has 0 bridgehead atoms. The molecule has 112 valence electrons. The van der Waals surface area contributed by atoms with E-state index in [0.29, 0.717) is 6.54 Å². The molecule has 1 aromatic heterocycles. The van der Waals surface area contributed by atoms with Crippen LogP contribution < -0.4 is 4.90 Å². The number of anilines is 1. The van der Waals surface area contributed by atoms with Gasteiger partial charge in [0.2, 0.25) is 0 Å². The topological polar surface area (TPSA) is 42.4 Å². The predicted octanol–water partition coefficient (Wildman–Crippen LogP) is 3.04. The molecule has 2 rings (SSSR count). The zero-order chi connectivity index (χ0) is 15.4. The molecule has 0 saturated heterocycles. The van der Waals surface area contributed by atoms with Crippen molar-refractivity contribution in [2.75, 3.05) is 25.6 Å². The van der Waals surface area contributed by atoms with E-state index in [4.69, 9.17) is 4.74 Å². The number of para-hydroxylation sites is 1. The fourth-order valence-corrected chi connectivity index (χ4v) is 2.49. The van der Waals surface area contributed by atoms with Gasteiger partial charge in [-0.05, 0) is 18.6 Å². The maximum Gasteiger partial charge on any atom is 0.310 e. The van der Waals surface area contributed by atoms with Crippen molar-refractivity contribution in [3.05, 3.63) is 36.0 Å². The lowest BCUT2D eigenvalue weighted by molar-refractivity contribution is -0.144. The minimum Gasteiger partial charge on any atom is -0.469 e. The van der Waals surface area contributed by atoms with E-state index in [-0.39, 0.29) is 11.9 Å². The molecule has 0 N–H and O–H groups in total. The third kappa shape index (κ3) is 3.32. The molecule has 0 amide bonds. The van der Waals surface area contributed by atoms with Crippen LogP contribution in [0.5, 0.6) is 0 Å². The second-order valence-corrected chi connectivity index (χ2v) is 5.31. The van der Waals surface area contributed by atoms with Gasteiger partial charge in [-0.3, -0.25) is 9.78 Å². The number of benzene rings is 1. The largest absolute Gasteiger partial charge is 0.469 e. The molecule has 1 aromatic carbocycles. The standard InChI is InChI=1S/C17H22N2O2/c1-5-13-10-16(14-8-6-7-9-15(14)18-13)19(3)11-12(2)17(20)21-4/h6-10,12H,5,11H2,1-4H3. The predicted molar refractivity (Wildman–Crippen MR) is 85.6 cm³/mol. The second kappa shape index (κ2) is 6.57. The SMILES string of the molecule is CCc1cc(N(C)CC(C)C(=O)OC)c2ccccc2n1. The summed E-state index contributed by atoms with van der Waals surface area (Å²) < 4.78 is 4.80. The highest BCUT2D eigenvalue weighted by Crippen LogP contribution is 2.26. The summed E-state index contributed by atoms with van der Waals surface area (Å²) in [6.45, 7) is 4.59. The Morgan fingerprint density at radius 2 is 2.10 bits per heavy atom. The Morgan fingerprint density at radius 3 is 2.76 bits per heavy atom. The zero-order valence-electron chi connectivity index (χ0n) is 13.1. The van der Waals surface area contributed by atoms with Gasteiger partial charge in [-0.2, -0.15) is 0 Å². The number of aryl methyl sites for hydroxylation is 1. The maximum atomic E-state index is 11.6. The van der Waals surface area contributed by atoms with E-state index in [1.54, 1.807) is 0 Å². The number of carbonyl (C=O) groups is 1. The average molecular weight is 286 g/mol. The number of aromatic nitrogens is 1. The third-order valence-corrected chi connectivity index (χ3v) is 3.67. The van der Waals surface area contributed by atoms with Crippen molar-refractivity contribution in [2.45, 2.75) is 20.3 Å². The van der Waals surface area contributed by atoms with Crippen LogP contribution >= 0.6 is 0 Å². The van der Waals surface area contributed by atoms with Gasteiger partial charge in [0.25, 0.3) is 0 Å². The van der Waals surface area contributed by atoms with Gasteiger partial charge in [-0.25, -0.2) is 0 Å². The van der Waals surface area contributed by atoms with Gasteiger partial charge < -0.3 is 9.64 Å². The summed E-state index contributed by atoms with van der Waals surface area (Å²) in [5.74, 6) is -0.354. The fourth-order valence-electron chi connectivity index (χ4n) is 2.49. The molecule has 0 fully saturated rings. The molecule has 1 unspecified atom stereocenters. The van der Waals surface area contributed by atoms with Crippen molar-refractivity contribution in [3.8, 4) is 0 Å². The van der Waals surface area contributed by atoms with Gasteiger partial charge in [-0.15, -0.1) is 0 Å². The number of fused-ring (bicyclic) bond motifs is 1. The second-order valence-electron chi connectivity index (χ2n) is 5.31. The Kier molecular flexibility index (Phi) is 4.78. The summed E-state index contributed by atoms with van der Waals surface area (Å²) in [7, 11) is 3.43. The number of methoxy groups -OCH3 is 1. The van der Waals surface area contributed by atoms with Crippen LogP contribution in [-0.2, 0) is 16.0 Å². The molecule has 21 heavy (non-hydrogen) atoms. The van der Waals surface area contributed by atoms with Crippen molar-refractivity contribution in [3.63, 3.8) is 0 Å². The summed E-state index contributed by atoms with van der Waals surface area (Å²) in [4.78, 5) is 18.4. The van der Waals surface area contributed by atoms with Gasteiger partial charge in [0.05, 0.1) is 18.5 Å². The van der Waals surface area contributed by atoms with E-state index in [2.05, 4.69) is 28.9 Å². The Bertz CT molecular complexity index is 640. The molecule has 4 heteroatoms. The van der Waals surface area contributed by atoms with Crippen LogP contribution in [0.15, 0.2) is 30.3 Å². The maximum absolute atomic E-state index is 11.6. The van der Waals surface area contributed by atoms with Crippen molar-refractivity contribution in [2.24, 2.45) is 5.92 Å². The van der Waals surface area contributed by atoms with E-state index in [1.807, 2.05) is 32.2 Å². The van der Waals surface area contributed by atoms with Crippen LogP contribution in [0.4, 0.5) is 5.69 Å². The van der Waals surface area contributed by atoms with E-state index >= 15 is 0 Å². The molecule has 0 saturated carbocycles. The highest BCUT2D eigenvalue weighted by molar-refractivity contribution is 5.92. The molecular formula is C17H22N2O2. The Labute approximate surface area is 125 Å². The van der Waals surface area contributed by atoms with E-state index < -0.39 is 0 Å². The van der Waals surface area contributed by atoms with Gasteiger partial charge in [0, 0.05) is 30.4 Å². The number of nitrogens with zero attached hydrogens (tertiary/aromatic N) is 2. The zero-order valence-corrected chi connectivity index (χ0v) is 13.1. The summed E-state index contributed by atoms with van der Waals surface area (Å²) in [6.07, 6.45) is 0.887.